The summed E-state index contributed by atoms with van der Waals surface area (Å²) in [6, 6.07) is 15.4. The van der Waals surface area contributed by atoms with Crippen molar-refractivity contribution < 1.29 is 9.59 Å². The highest BCUT2D eigenvalue weighted by atomic mass is 32.2. The minimum absolute atomic E-state index is 0.0317. The number of benzene rings is 2. The second-order valence-corrected chi connectivity index (χ2v) is 8.41. The largest absolute Gasteiger partial charge is 0.324 e. The minimum Gasteiger partial charge on any atom is -0.324 e. The van der Waals surface area contributed by atoms with Gasteiger partial charge < -0.3 is 10.2 Å². The van der Waals surface area contributed by atoms with Crippen LogP contribution in [0.1, 0.15) is 24.5 Å². The topological polar surface area (TPSA) is 62.3 Å². The van der Waals surface area contributed by atoms with Crippen molar-refractivity contribution in [2.45, 2.75) is 38.3 Å². The van der Waals surface area contributed by atoms with E-state index >= 15 is 0 Å². The summed E-state index contributed by atoms with van der Waals surface area (Å²) in [5, 5.41) is 4.87. The Kier molecular flexibility index (Phi) is 5.28. The molecule has 0 aliphatic carbocycles. The zero-order chi connectivity index (χ0) is 20.5. The van der Waals surface area contributed by atoms with Crippen LogP contribution in [-0.2, 0) is 9.59 Å². The first-order chi connectivity index (χ1) is 13.9. The zero-order valence-electron chi connectivity index (χ0n) is 16.7. The molecule has 6 heteroatoms. The van der Waals surface area contributed by atoms with Crippen LogP contribution >= 0.6 is 11.8 Å². The number of fused-ring (bicyclic) bond motifs is 2. The fourth-order valence-corrected chi connectivity index (χ4v) is 4.60. The fraction of sp³-hybridized carbons (Fsp3) is 0.261. The number of anilines is 2. The maximum Gasteiger partial charge on any atom is 0.237 e. The molecule has 4 rings (SSSR count). The summed E-state index contributed by atoms with van der Waals surface area (Å²) >= 11 is 1.44. The second-order valence-electron chi connectivity index (χ2n) is 7.42. The molecule has 1 N–H and O–H groups in total. The summed E-state index contributed by atoms with van der Waals surface area (Å²) in [4.78, 5) is 31.8. The van der Waals surface area contributed by atoms with E-state index in [0.717, 1.165) is 32.7 Å². The number of pyridine rings is 1. The van der Waals surface area contributed by atoms with E-state index in [-0.39, 0.29) is 30.0 Å². The first kappa shape index (κ1) is 19.5. The number of nitrogens with zero attached hydrogens (tertiary/aromatic N) is 2. The maximum atomic E-state index is 13.2. The normalized spacial score (nSPS) is 16.3. The highest BCUT2D eigenvalue weighted by molar-refractivity contribution is 7.99. The molecule has 2 amide bonds. The molecule has 3 aromatic rings. The molecule has 0 fully saturated rings. The molecule has 148 valence electrons. The number of thioether (sulfide) groups is 1. The number of hydrogen-bond acceptors (Lipinski definition) is 4. The molecule has 1 aliphatic heterocycles. The average molecular weight is 406 g/mol. The fourth-order valence-electron chi connectivity index (χ4n) is 3.78. The number of para-hydroxylation sites is 3. The molecule has 0 saturated heterocycles. The Morgan fingerprint density at radius 2 is 1.97 bits per heavy atom. The Hall–Kier alpha value is -2.86. The second kappa shape index (κ2) is 7.87. The van der Waals surface area contributed by atoms with Crippen LogP contribution in [0.15, 0.2) is 53.6 Å². The molecular weight excluding hydrogens is 382 g/mol. The molecule has 2 heterocycles. The zero-order valence-corrected chi connectivity index (χ0v) is 17.5. The quantitative estimate of drug-likeness (QED) is 0.641. The van der Waals surface area contributed by atoms with Crippen molar-refractivity contribution in [2.24, 2.45) is 0 Å². The lowest BCUT2D eigenvalue weighted by molar-refractivity contribution is -0.117. The van der Waals surface area contributed by atoms with Crippen LogP contribution in [0.2, 0.25) is 0 Å². The maximum absolute atomic E-state index is 13.2. The standard InChI is InChI=1S/C23H23N3O2S/c1-14-7-6-8-17-15(2)11-21(25-23(14)17)29-13-22(28)26-16(3)12-20(27)24-18-9-4-5-10-19(18)26/h4-11,16H,12-13H2,1-3H3,(H,24,27)/t16-/m1/s1. The predicted octanol–water partition coefficient (Wildman–Crippen LogP) is 4.71. The number of carbonyl (C=O) groups excluding carboxylic acids is 2. The third kappa shape index (κ3) is 3.85. The molecule has 0 unspecified atom stereocenters. The van der Waals surface area contributed by atoms with Crippen molar-refractivity contribution in [1.29, 1.82) is 0 Å². The Bertz CT molecular complexity index is 1110. The molecule has 0 spiro atoms. The van der Waals surface area contributed by atoms with Crippen LogP contribution in [0.4, 0.5) is 11.4 Å². The van der Waals surface area contributed by atoms with Gasteiger partial charge >= 0.3 is 0 Å². The van der Waals surface area contributed by atoms with Crippen molar-refractivity contribution >= 4 is 45.9 Å². The molecule has 1 aliphatic rings. The number of aryl methyl sites for hydroxylation is 2. The third-order valence-electron chi connectivity index (χ3n) is 5.20. The van der Waals surface area contributed by atoms with Gasteiger partial charge in [-0.25, -0.2) is 4.98 Å². The van der Waals surface area contributed by atoms with Gasteiger partial charge in [-0.1, -0.05) is 42.1 Å². The van der Waals surface area contributed by atoms with E-state index in [1.165, 1.54) is 11.8 Å². The van der Waals surface area contributed by atoms with Gasteiger partial charge in [-0.3, -0.25) is 9.59 Å². The van der Waals surface area contributed by atoms with Gasteiger partial charge in [0.25, 0.3) is 0 Å². The highest BCUT2D eigenvalue weighted by Crippen LogP contribution is 2.32. The van der Waals surface area contributed by atoms with Crippen LogP contribution in [0.5, 0.6) is 0 Å². The van der Waals surface area contributed by atoms with Crippen LogP contribution in [-0.4, -0.2) is 28.6 Å². The summed E-state index contributed by atoms with van der Waals surface area (Å²) < 4.78 is 0. The monoisotopic (exact) mass is 405 g/mol. The third-order valence-corrected chi connectivity index (χ3v) is 6.09. The smallest absolute Gasteiger partial charge is 0.237 e. The van der Waals surface area contributed by atoms with Crippen LogP contribution < -0.4 is 10.2 Å². The summed E-state index contributed by atoms with van der Waals surface area (Å²) in [5.41, 5.74) is 4.67. The van der Waals surface area contributed by atoms with Crippen molar-refractivity contribution in [3.63, 3.8) is 0 Å². The summed E-state index contributed by atoms with van der Waals surface area (Å²) in [5.74, 6) is 0.155. The summed E-state index contributed by atoms with van der Waals surface area (Å²) in [6.45, 7) is 6.03. The highest BCUT2D eigenvalue weighted by Gasteiger charge is 2.29. The van der Waals surface area contributed by atoms with Gasteiger partial charge in [-0.15, -0.1) is 0 Å². The molecular formula is C23H23N3O2S. The summed E-state index contributed by atoms with van der Waals surface area (Å²) in [6.07, 6.45) is 0.275. The Morgan fingerprint density at radius 1 is 1.17 bits per heavy atom. The molecule has 0 radical (unpaired) electrons. The van der Waals surface area contributed by atoms with Gasteiger partial charge in [0, 0.05) is 17.8 Å². The van der Waals surface area contributed by atoms with Crippen LogP contribution in [0.3, 0.4) is 0 Å². The number of rotatable bonds is 3. The number of aromatic nitrogens is 1. The molecule has 2 aromatic carbocycles. The Morgan fingerprint density at radius 3 is 2.79 bits per heavy atom. The van der Waals surface area contributed by atoms with Gasteiger partial charge in [-0.2, -0.15) is 0 Å². The van der Waals surface area contributed by atoms with Crippen LogP contribution in [0, 0.1) is 13.8 Å². The first-order valence-electron chi connectivity index (χ1n) is 9.65. The van der Waals surface area contributed by atoms with Gasteiger partial charge in [0.1, 0.15) is 0 Å². The first-order valence-corrected chi connectivity index (χ1v) is 10.6. The van der Waals surface area contributed by atoms with E-state index in [2.05, 4.69) is 18.3 Å². The van der Waals surface area contributed by atoms with Gasteiger partial charge in [0.2, 0.25) is 11.8 Å². The summed E-state index contributed by atoms with van der Waals surface area (Å²) in [7, 11) is 0. The molecule has 1 atom stereocenters. The van der Waals surface area contributed by atoms with Crippen molar-refractivity contribution in [3.8, 4) is 0 Å². The number of nitrogens with one attached hydrogen (secondary N) is 1. The van der Waals surface area contributed by atoms with E-state index in [1.54, 1.807) is 4.90 Å². The van der Waals surface area contributed by atoms with Crippen molar-refractivity contribution in [3.05, 3.63) is 59.7 Å². The number of carbonyl (C=O) groups is 2. The molecule has 5 nitrogen and oxygen atoms in total. The van der Waals surface area contributed by atoms with E-state index in [1.807, 2.05) is 56.3 Å². The number of hydrogen-bond donors (Lipinski definition) is 1. The van der Waals surface area contributed by atoms with Crippen molar-refractivity contribution in [2.75, 3.05) is 16.0 Å². The predicted molar refractivity (Wildman–Crippen MR) is 119 cm³/mol. The van der Waals surface area contributed by atoms with Gasteiger partial charge in [-0.05, 0) is 50.1 Å². The Balaban J connectivity index is 1.59. The lowest BCUT2D eigenvalue weighted by Crippen LogP contribution is -2.40. The van der Waals surface area contributed by atoms with Crippen molar-refractivity contribution in [1.82, 2.24) is 4.98 Å². The van der Waals surface area contributed by atoms with E-state index in [9.17, 15) is 9.59 Å². The minimum atomic E-state index is -0.208. The van der Waals surface area contributed by atoms with Gasteiger partial charge in [0.05, 0.1) is 27.7 Å². The number of amides is 2. The molecule has 0 bridgehead atoms. The van der Waals surface area contributed by atoms with E-state index in [4.69, 9.17) is 4.98 Å². The molecule has 1 aromatic heterocycles. The van der Waals surface area contributed by atoms with E-state index < -0.39 is 0 Å². The molecule has 29 heavy (non-hydrogen) atoms. The van der Waals surface area contributed by atoms with Gasteiger partial charge in [0.15, 0.2) is 0 Å². The SMILES string of the molecule is Cc1cc(SCC(=O)N2c3ccccc3NC(=O)C[C@H]2C)nc2c(C)cccc12. The average Bonchev–Trinajstić information content (AvgIpc) is 2.81. The van der Waals surface area contributed by atoms with E-state index in [0.29, 0.717) is 5.69 Å². The Labute approximate surface area is 174 Å². The molecule has 0 saturated carbocycles. The lowest BCUT2D eigenvalue weighted by atomic mass is 10.1. The lowest BCUT2D eigenvalue weighted by Gasteiger charge is -2.27. The van der Waals surface area contributed by atoms with Crippen LogP contribution in [0.25, 0.3) is 10.9 Å².